The number of carboxylic acid groups (broad SMARTS) is 1. The highest BCUT2D eigenvalue weighted by molar-refractivity contribution is 7.89. The molecule has 100 valence electrons. The molecule has 0 saturated carbocycles. The Morgan fingerprint density at radius 1 is 1.39 bits per heavy atom. The number of carboxylic acids is 1. The summed E-state index contributed by atoms with van der Waals surface area (Å²) in [6.07, 6.45) is 0.705. The molecule has 0 spiro atoms. The SMILES string of the molecule is CCC[C@@H](NS(=O)(=O)c1ccc(Cl)cc1)C(=O)[O-]. The fourth-order valence-corrected chi connectivity index (χ4v) is 2.73. The van der Waals surface area contributed by atoms with E-state index in [2.05, 4.69) is 4.72 Å². The number of hydrogen-bond acceptors (Lipinski definition) is 4. The van der Waals surface area contributed by atoms with Gasteiger partial charge in [-0.3, -0.25) is 0 Å². The highest BCUT2D eigenvalue weighted by Crippen LogP contribution is 2.14. The third-order valence-corrected chi connectivity index (χ3v) is 4.02. The molecule has 0 unspecified atom stereocenters. The molecular weight excluding hydrogens is 278 g/mol. The summed E-state index contributed by atoms with van der Waals surface area (Å²) in [7, 11) is -3.87. The monoisotopic (exact) mass is 290 g/mol. The minimum Gasteiger partial charge on any atom is -0.548 e. The highest BCUT2D eigenvalue weighted by Gasteiger charge is 2.20. The lowest BCUT2D eigenvalue weighted by Crippen LogP contribution is -2.47. The highest BCUT2D eigenvalue weighted by atomic mass is 35.5. The van der Waals surface area contributed by atoms with E-state index < -0.39 is 22.0 Å². The van der Waals surface area contributed by atoms with Crippen molar-refractivity contribution in [3.63, 3.8) is 0 Å². The first-order valence-corrected chi connectivity index (χ1v) is 7.21. The number of benzene rings is 1. The summed E-state index contributed by atoms with van der Waals surface area (Å²) in [6.45, 7) is 1.76. The minimum absolute atomic E-state index is 0.0331. The Hall–Kier alpha value is -1.11. The van der Waals surface area contributed by atoms with Gasteiger partial charge in [0.05, 0.1) is 16.9 Å². The average molecular weight is 291 g/mol. The molecule has 0 aromatic heterocycles. The fraction of sp³-hybridized carbons (Fsp3) is 0.364. The van der Waals surface area contributed by atoms with Crippen LogP contribution in [0.2, 0.25) is 5.02 Å². The molecule has 0 heterocycles. The van der Waals surface area contributed by atoms with Gasteiger partial charge in [0.2, 0.25) is 10.0 Å². The second-order valence-electron chi connectivity index (χ2n) is 3.74. The number of rotatable bonds is 6. The molecule has 1 N–H and O–H groups in total. The van der Waals surface area contributed by atoms with E-state index in [1.54, 1.807) is 6.92 Å². The number of hydrogen-bond donors (Lipinski definition) is 1. The van der Waals surface area contributed by atoms with Crippen LogP contribution < -0.4 is 9.83 Å². The van der Waals surface area contributed by atoms with Crippen molar-refractivity contribution in [3.8, 4) is 0 Å². The minimum atomic E-state index is -3.87. The van der Waals surface area contributed by atoms with Gasteiger partial charge in [0.25, 0.3) is 0 Å². The van der Waals surface area contributed by atoms with Crippen molar-refractivity contribution in [2.24, 2.45) is 0 Å². The summed E-state index contributed by atoms with van der Waals surface area (Å²) in [4.78, 5) is 10.8. The zero-order valence-corrected chi connectivity index (χ0v) is 11.3. The molecule has 1 atom stereocenters. The lowest BCUT2D eigenvalue weighted by Gasteiger charge is -2.18. The molecule has 0 aliphatic rings. The smallest absolute Gasteiger partial charge is 0.241 e. The maximum absolute atomic E-state index is 11.9. The van der Waals surface area contributed by atoms with Gasteiger partial charge in [-0.2, -0.15) is 0 Å². The summed E-state index contributed by atoms with van der Waals surface area (Å²) in [5, 5.41) is 11.2. The van der Waals surface area contributed by atoms with Crippen molar-refractivity contribution < 1.29 is 18.3 Å². The van der Waals surface area contributed by atoms with Gasteiger partial charge in [-0.1, -0.05) is 24.9 Å². The van der Waals surface area contributed by atoms with Crippen molar-refractivity contribution in [3.05, 3.63) is 29.3 Å². The van der Waals surface area contributed by atoms with Crippen molar-refractivity contribution in [2.75, 3.05) is 0 Å². The number of carbonyl (C=O) groups excluding carboxylic acids is 1. The normalized spacial score (nSPS) is 13.2. The van der Waals surface area contributed by atoms with Crippen molar-refractivity contribution in [2.45, 2.75) is 30.7 Å². The third kappa shape index (κ3) is 3.97. The quantitative estimate of drug-likeness (QED) is 0.828. The van der Waals surface area contributed by atoms with E-state index in [0.29, 0.717) is 11.4 Å². The Morgan fingerprint density at radius 3 is 2.39 bits per heavy atom. The van der Waals surface area contributed by atoms with Gasteiger partial charge in [0, 0.05) is 5.02 Å². The van der Waals surface area contributed by atoms with E-state index in [4.69, 9.17) is 11.6 Å². The molecule has 0 aliphatic carbocycles. The fourth-order valence-electron chi connectivity index (χ4n) is 1.38. The molecule has 0 fully saturated rings. The number of carbonyl (C=O) groups is 1. The van der Waals surface area contributed by atoms with Gasteiger partial charge < -0.3 is 9.90 Å². The van der Waals surface area contributed by atoms with Crippen LogP contribution in [0.25, 0.3) is 0 Å². The van der Waals surface area contributed by atoms with Gasteiger partial charge in [0.15, 0.2) is 0 Å². The van der Waals surface area contributed by atoms with Crippen molar-refractivity contribution in [1.82, 2.24) is 4.72 Å². The molecule has 0 saturated heterocycles. The first-order chi connectivity index (χ1) is 8.36. The molecule has 0 amide bonds. The Kier molecular flexibility index (Phi) is 5.13. The van der Waals surface area contributed by atoms with E-state index in [0.717, 1.165) is 0 Å². The van der Waals surface area contributed by atoms with Crippen molar-refractivity contribution in [1.29, 1.82) is 0 Å². The van der Waals surface area contributed by atoms with Gasteiger partial charge in [-0.25, -0.2) is 13.1 Å². The lowest BCUT2D eigenvalue weighted by atomic mass is 10.2. The predicted octanol–water partition coefficient (Wildman–Crippen LogP) is 0.537. The van der Waals surface area contributed by atoms with Crippen LogP contribution in [-0.2, 0) is 14.8 Å². The summed E-state index contributed by atoms with van der Waals surface area (Å²) in [6, 6.07) is 4.23. The maximum Gasteiger partial charge on any atom is 0.241 e. The Balaban J connectivity index is 2.93. The number of aliphatic carboxylic acids is 1. The second-order valence-corrected chi connectivity index (χ2v) is 5.89. The van der Waals surface area contributed by atoms with Crippen LogP contribution >= 0.6 is 11.6 Å². The molecular formula is C11H13ClNO4S-. The Labute approximate surface area is 111 Å². The summed E-state index contributed by atoms with van der Waals surface area (Å²) in [5.41, 5.74) is 0. The van der Waals surface area contributed by atoms with Crippen LogP contribution in [0.5, 0.6) is 0 Å². The average Bonchev–Trinajstić information content (AvgIpc) is 2.28. The van der Waals surface area contributed by atoms with E-state index in [9.17, 15) is 18.3 Å². The van der Waals surface area contributed by atoms with Crippen LogP contribution in [0, 0.1) is 0 Å². The van der Waals surface area contributed by atoms with Crippen LogP contribution in [-0.4, -0.2) is 20.4 Å². The number of nitrogens with one attached hydrogen (secondary N) is 1. The largest absolute Gasteiger partial charge is 0.548 e. The van der Waals surface area contributed by atoms with E-state index in [-0.39, 0.29) is 11.3 Å². The van der Waals surface area contributed by atoms with Crippen LogP contribution in [0.4, 0.5) is 0 Å². The molecule has 18 heavy (non-hydrogen) atoms. The summed E-state index contributed by atoms with van der Waals surface area (Å²) >= 11 is 5.65. The van der Waals surface area contributed by atoms with E-state index in [1.807, 2.05) is 0 Å². The molecule has 5 nitrogen and oxygen atoms in total. The van der Waals surface area contributed by atoms with Crippen LogP contribution in [0.1, 0.15) is 19.8 Å². The van der Waals surface area contributed by atoms with E-state index in [1.165, 1.54) is 24.3 Å². The molecule has 1 rings (SSSR count). The van der Waals surface area contributed by atoms with E-state index >= 15 is 0 Å². The first kappa shape index (κ1) is 14.9. The predicted molar refractivity (Wildman–Crippen MR) is 65.5 cm³/mol. The summed E-state index contributed by atoms with van der Waals surface area (Å²) in [5.74, 6) is -1.44. The van der Waals surface area contributed by atoms with Crippen molar-refractivity contribution >= 4 is 27.6 Å². The maximum atomic E-state index is 11.9. The van der Waals surface area contributed by atoms with Gasteiger partial charge in [0.1, 0.15) is 0 Å². The lowest BCUT2D eigenvalue weighted by molar-refractivity contribution is -0.308. The standard InChI is InChI=1S/C11H14ClNO4S/c1-2-3-10(11(14)15)13-18(16,17)9-6-4-8(12)5-7-9/h4-7,10,13H,2-3H2,1H3,(H,14,15)/p-1/t10-/m1/s1. The Bertz CT molecular complexity index is 512. The molecule has 1 aromatic rings. The molecule has 1 aromatic carbocycles. The second kappa shape index (κ2) is 6.17. The van der Waals surface area contributed by atoms with Gasteiger partial charge >= 0.3 is 0 Å². The number of halogens is 1. The summed E-state index contributed by atoms with van der Waals surface area (Å²) < 4.78 is 25.9. The van der Waals surface area contributed by atoms with Gasteiger partial charge in [-0.05, 0) is 30.7 Å². The molecule has 0 bridgehead atoms. The number of sulfonamides is 1. The Morgan fingerprint density at radius 2 is 1.94 bits per heavy atom. The van der Waals surface area contributed by atoms with Crippen LogP contribution in [0.15, 0.2) is 29.2 Å². The topological polar surface area (TPSA) is 86.3 Å². The zero-order chi connectivity index (χ0) is 13.8. The molecule has 0 radical (unpaired) electrons. The third-order valence-electron chi connectivity index (χ3n) is 2.28. The zero-order valence-electron chi connectivity index (χ0n) is 9.72. The molecule has 7 heteroatoms. The first-order valence-electron chi connectivity index (χ1n) is 5.35. The van der Waals surface area contributed by atoms with Crippen LogP contribution in [0.3, 0.4) is 0 Å². The molecule has 0 aliphatic heterocycles. The van der Waals surface area contributed by atoms with Gasteiger partial charge in [-0.15, -0.1) is 0 Å².